The molecule has 1 aliphatic heterocycles. The monoisotopic (exact) mass is 497 g/mol. The van der Waals surface area contributed by atoms with Gasteiger partial charge in [-0.25, -0.2) is 9.69 Å². The number of hydrogen-bond donors (Lipinski definition) is 1. The van der Waals surface area contributed by atoms with E-state index in [9.17, 15) is 27.6 Å². The van der Waals surface area contributed by atoms with E-state index in [-0.39, 0.29) is 24.5 Å². The van der Waals surface area contributed by atoms with Crippen molar-refractivity contribution in [3.8, 4) is 5.75 Å². The van der Waals surface area contributed by atoms with Crippen LogP contribution in [0.2, 0.25) is 0 Å². The molecule has 3 aromatic rings. The topological polar surface area (TPSA) is 80.6 Å². The zero-order valence-corrected chi connectivity index (χ0v) is 19.2. The maximum atomic E-state index is 13.1. The van der Waals surface area contributed by atoms with Crippen LogP contribution < -0.4 is 15.0 Å². The van der Waals surface area contributed by atoms with Gasteiger partial charge in [-0.1, -0.05) is 25.1 Å². The summed E-state index contributed by atoms with van der Waals surface area (Å²) < 4.78 is 45.8. The van der Waals surface area contributed by atoms with Gasteiger partial charge in [-0.2, -0.15) is 13.2 Å². The molecule has 2 heterocycles. The first-order valence-electron chi connectivity index (χ1n) is 11.1. The van der Waals surface area contributed by atoms with Gasteiger partial charge in [-0.15, -0.1) is 0 Å². The summed E-state index contributed by atoms with van der Waals surface area (Å²) in [6.45, 7) is 2.26. The number of hydrogen-bond acceptors (Lipinski definition) is 4. The molecule has 1 saturated heterocycles. The highest BCUT2D eigenvalue weighted by molar-refractivity contribution is 6.39. The highest BCUT2D eigenvalue weighted by Gasteiger charge is 2.37. The van der Waals surface area contributed by atoms with E-state index >= 15 is 0 Å². The van der Waals surface area contributed by atoms with Crippen molar-refractivity contribution in [3.05, 3.63) is 89.3 Å². The highest BCUT2D eigenvalue weighted by atomic mass is 19.4. The lowest BCUT2D eigenvalue weighted by Gasteiger charge is -2.26. The summed E-state index contributed by atoms with van der Waals surface area (Å²) in [5, 5.41) is 2.18. The number of aryl methyl sites for hydroxylation is 1. The van der Waals surface area contributed by atoms with Crippen molar-refractivity contribution >= 4 is 29.6 Å². The van der Waals surface area contributed by atoms with Gasteiger partial charge < -0.3 is 9.30 Å². The molecule has 1 aliphatic rings. The van der Waals surface area contributed by atoms with Crippen molar-refractivity contribution in [2.45, 2.75) is 26.1 Å². The van der Waals surface area contributed by atoms with Crippen molar-refractivity contribution in [1.82, 2.24) is 9.88 Å². The number of carbonyl (C=O) groups is 3. The first-order valence-corrected chi connectivity index (χ1v) is 11.1. The summed E-state index contributed by atoms with van der Waals surface area (Å²) in [4.78, 5) is 38.9. The molecule has 36 heavy (non-hydrogen) atoms. The number of nitrogens with one attached hydrogen (secondary N) is 1. The van der Waals surface area contributed by atoms with Crippen molar-refractivity contribution in [2.24, 2.45) is 0 Å². The zero-order chi connectivity index (χ0) is 25.9. The van der Waals surface area contributed by atoms with Crippen LogP contribution in [0.5, 0.6) is 5.75 Å². The standard InChI is InChI=1S/C26H22F3N3O4/c1-2-17-8-10-19(11-9-17)32-24(34)22(23(33)30-25(32)35)16-20-6-4-12-31(20)13-14-36-21-7-3-5-18(15-21)26(27,28)29/h3-12,15-16H,2,13-14H2,1H3,(H,30,33,35)/b22-16-. The van der Waals surface area contributed by atoms with E-state index in [1.54, 1.807) is 47.2 Å². The van der Waals surface area contributed by atoms with E-state index in [1.807, 2.05) is 6.92 Å². The van der Waals surface area contributed by atoms with Crippen molar-refractivity contribution in [3.63, 3.8) is 0 Å². The summed E-state index contributed by atoms with van der Waals surface area (Å²) >= 11 is 0. The van der Waals surface area contributed by atoms with Gasteiger partial charge in [0.1, 0.15) is 17.9 Å². The number of barbiturate groups is 1. The number of ether oxygens (including phenoxy) is 1. The molecule has 1 aromatic heterocycles. The van der Waals surface area contributed by atoms with Crippen molar-refractivity contribution in [1.29, 1.82) is 0 Å². The lowest BCUT2D eigenvalue weighted by atomic mass is 10.1. The van der Waals surface area contributed by atoms with E-state index in [0.29, 0.717) is 11.4 Å². The Bertz CT molecular complexity index is 1330. The van der Waals surface area contributed by atoms with E-state index in [0.717, 1.165) is 29.0 Å². The molecule has 0 aliphatic carbocycles. The number of carbonyl (C=O) groups excluding carboxylic acids is 3. The summed E-state index contributed by atoms with van der Waals surface area (Å²) in [5.41, 5.74) is 0.805. The molecule has 1 N–H and O–H groups in total. The molecule has 0 radical (unpaired) electrons. The number of alkyl halides is 3. The second-order valence-corrected chi connectivity index (χ2v) is 7.98. The molecule has 0 atom stereocenters. The maximum Gasteiger partial charge on any atom is 0.416 e. The number of amides is 4. The maximum absolute atomic E-state index is 13.1. The van der Waals surface area contributed by atoms with Gasteiger partial charge in [-0.05, 0) is 60.5 Å². The lowest BCUT2D eigenvalue weighted by molar-refractivity contribution is -0.137. The van der Waals surface area contributed by atoms with Crippen LogP contribution >= 0.6 is 0 Å². The zero-order valence-electron chi connectivity index (χ0n) is 19.2. The first-order chi connectivity index (χ1) is 17.2. The van der Waals surface area contributed by atoms with Crippen LogP contribution in [-0.4, -0.2) is 29.0 Å². The molecular weight excluding hydrogens is 475 g/mol. The van der Waals surface area contributed by atoms with Crippen molar-refractivity contribution in [2.75, 3.05) is 11.5 Å². The van der Waals surface area contributed by atoms with Crippen LogP contribution in [0.1, 0.15) is 23.7 Å². The third kappa shape index (κ3) is 5.32. The lowest BCUT2D eigenvalue weighted by Crippen LogP contribution is -2.54. The van der Waals surface area contributed by atoms with Crippen LogP contribution in [0.3, 0.4) is 0 Å². The molecule has 4 amide bonds. The third-order valence-corrected chi connectivity index (χ3v) is 5.62. The molecule has 1 fully saturated rings. The summed E-state index contributed by atoms with van der Waals surface area (Å²) in [6, 6.07) is 14.0. The molecule has 2 aromatic carbocycles. The molecule has 0 saturated carbocycles. The number of rotatable bonds is 7. The average Bonchev–Trinajstić information content (AvgIpc) is 3.28. The fraction of sp³-hybridized carbons (Fsp3) is 0.192. The van der Waals surface area contributed by atoms with Gasteiger partial charge in [0, 0.05) is 11.9 Å². The second-order valence-electron chi connectivity index (χ2n) is 7.98. The minimum Gasteiger partial charge on any atom is -0.492 e. The summed E-state index contributed by atoms with van der Waals surface area (Å²) in [5.74, 6) is -1.51. The quantitative estimate of drug-likeness (QED) is 0.375. The van der Waals surface area contributed by atoms with Crippen LogP contribution in [0.25, 0.3) is 6.08 Å². The van der Waals surface area contributed by atoms with Crippen LogP contribution in [0.4, 0.5) is 23.7 Å². The fourth-order valence-corrected chi connectivity index (χ4v) is 3.71. The second kappa shape index (κ2) is 10.1. The van der Waals surface area contributed by atoms with Gasteiger partial charge in [0.05, 0.1) is 17.8 Å². The van der Waals surface area contributed by atoms with Gasteiger partial charge in [0.15, 0.2) is 0 Å². The fourth-order valence-electron chi connectivity index (χ4n) is 3.71. The summed E-state index contributed by atoms with van der Waals surface area (Å²) in [6.07, 6.45) is -0.640. The predicted molar refractivity (Wildman–Crippen MR) is 126 cm³/mol. The first kappa shape index (κ1) is 24.8. The van der Waals surface area contributed by atoms with Crippen molar-refractivity contribution < 1.29 is 32.3 Å². The Morgan fingerprint density at radius 1 is 1.00 bits per heavy atom. The highest BCUT2D eigenvalue weighted by Crippen LogP contribution is 2.31. The Morgan fingerprint density at radius 3 is 2.44 bits per heavy atom. The Kier molecular flexibility index (Phi) is 6.96. The smallest absolute Gasteiger partial charge is 0.416 e. The minimum absolute atomic E-state index is 0.0424. The molecule has 4 rings (SSSR count). The van der Waals surface area contributed by atoms with Gasteiger partial charge in [0.2, 0.25) is 0 Å². The molecule has 10 heteroatoms. The van der Waals surface area contributed by atoms with Gasteiger partial charge >= 0.3 is 12.2 Å². The largest absolute Gasteiger partial charge is 0.492 e. The van der Waals surface area contributed by atoms with E-state index < -0.39 is 29.6 Å². The Morgan fingerprint density at radius 2 is 1.75 bits per heavy atom. The Labute approximate surface area is 204 Å². The van der Waals surface area contributed by atoms with Crippen LogP contribution in [-0.2, 0) is 28.7 Å². The number of urea groups is 1. The van der Waals surface area contributed by atoms with Gasteiger partial charge in [-0.3, -0.25) is 14.9 Å². The predicted octanol–water partition coefficient (Wildman–Crippen LogP) is 4.81. The van der Waals surface area contributed by atoms with Crippen LogP contribution in [0.15, 0.2) is 72.4 Å². The number of nitrogens with zero attached hydrogens (tertiary/aromatic N) is 2. The van der Waals surface area contributed by atoms with Crippen LogP contribution in [0, 0.1) is 0 Å². The normalized spacial score (nSPS) is 15.4. The number of aromatic nitrogens is 1. The SMILES string of the molecule is CCc1ccc(N2C(=O)NC(=O)/C(=C/c3cccn3CCOc3cccc(C(F)(F)F)c3)C2=O)cc1. The molecule has 186 valence electrons. The molecule has 0 bridgehead atoms. The minimum atomic E-state index is -4.47. The number of anilines is 1. The van der Waals surface area contributed by atoms with E-state index in [1.165, 1.54) is 18.2 Å². The molecule has 0 spiro atoms. The molecule has 7 nitrogen and oxygen atoms in total. The Hall–Kier alpha value is -4.34. The van der Waals surface area contributed by atoms with E-state index in [2.05, 4.69) is 5.32 Å². The number of halogens is 3. The molecular formula is C26H22F3N3O4. The third-order valence-electron chi connectivity index (χ3n) is 5.62. The Balaban J connectivity index is 1.50. The number of imide groups is 2. The molecule has 0 unspecified atom stereocenters. The van der Waals surface area contributed by atoms with E-state index in [4.69, 9.17) is 4.74 Å². The number of benzene rings is 2. The average molecular weight is 497 g/mol. The summed E-state index contributed by atoms with van der Waals surface area (Å²) in [7, 11) is 0. The van der Waals surface area contributed by atoms with Gasteiger partial charge in [0.25, 0.3) is 11.8 Å².